The van der Waals surface area contributed by atoms with Gasteiger partial charge in [-0.05, 0) is 44.0 Å². The molecule has 0 aliphatic heterocycles. The average Bonchev–Trinajstić information content (AvgIpc) is 2.88. The Balaban J connectivity index is 2.41. The fourth-order valence-corrected chi connectivity index (χ4v) is 3.95. The highest BCUT2D eigenvalue weighted by Crippen LogP contribution is 2.29. The lowest BCUT2D eigenvalue weighted by Crippen LogP contribution is -2.36. The number of hydrogen-bond donors (Lipinski definition) is 1. The second-order valence-corrected chi connectivity index (χ2v) is 11.6. The third-order valence-electron chi connectivity index (χ3n) is 5.07. The number of alkyl carbamates (subject to hydrolysis) is 1. The van der Waals surface area contributed by atoms with E-state index in [0.29, 0.717) is 11.1 Å². The van der Waals surface area contributed by atoms with Crippen molar-refractivity contribution in [2.24, 2.45) is 0 Å². The van der Waals surface area contributed by atoms with Gasteiger partial charge in [0.2, 0.25) is 0 Å². The molecular formula is C27H32N2O11S. The van der Waals surface area contributed by atoms with Crippen LogP contribution in [0.1, 0.15) is 38.3 Å². The predicted molar refractivity (Wildman–Crippen MR) is 147 cm³/mol. The third-order valence-corrected chi connectivity index (χ3v) is 6.20. The number of carbonyl (C=O) groups is 3. The van der Waals surface area contributed by atoms with Gasteiger partial charge < -0.3 is 24.4 Å². The first-order valence-corrected chi connectivity index (χ1v) is 14.2. The predicted octanol–water partition coefficient (Wildman–Crippen LogP) is 3.21. The van der Waals surface area contributed by atoms with Crippen molar-refractivity contribution in [3.05, 3.63) is 75.8 Å². The molecule has 0 saturated carbocycles. The van der Waals surface area contributed by atoms with Gasteiger partial charge in [-0.1, -0.05) is 42.5 Å². The first-order chi connectivity index (χ1) is 19.2. The normalized spacial score (nSPS) is 12.0. The number of hydrogen-bond acceptors (Lipinski definition) is 11. The Bertz CT molecular complexity index is 1360. The summed E-state index contributed by atoms with van der Waals surface area (Å²) in [6.07, 6.45) is 0.266. The van der Waals surface area contributed by atoms with Crippen LogP contribution >= 0.6 is 0 Å². The van der Waals surface area contributed by atoms with Gasteiger partial charge in [0.1, 0.15) is 18.8 Å². The third kappa shape index (κ3) is 11.7. The molecule has 222 valence electrons. The summed E-state index contributed by atoms with van der Waals surface area (Å²) < 4.78 is 39.7. The van der Waals surface area contributed by atoms with Crippen LogP contribution in [0, 0.1) is 10.1 Å². The van der Waals surface area contributed by atoms with E-state index in [1.165, 1.54) is 24.3 Å². The lowest BCUT2D eigenvalue weighted by molar-refractivity contribution is -0.757. The van der Waals surface area contributed by atoms with Crippen LogP contribution in [-0.2, 0) is 38.5 Å². The maximum Gasteiger partial charge on any atom is 0.408 e. The number of carbonyl (C=O) groups excluding carboxylic acids is 3. The van der Waals surface area contributed by atoms with Crippen molar-refractivity contribution >= 4 is 39.0 Å². The molecule has 0 aliphatic rings. The lowest BCUT2D eigenvalue weighted by atomic mass is 9.95. The number of benzene rings is 2. The second kappa shape index (κ2) is 14.8. The molecule has 2 aromatic rings. The summed E-state index contributed by atoms with van der Waals surface area (Å²) in [5, 5.41) is 11.7. The molecule has 2 rings (SSSR count). The maximum absolute atomic E-state index is 13.3. The molecule has 0 aromatic heterocycles. The summed E-state index contributed by atoms with van der Waals surface area (Å²) >= 11 is 0. The molecule has 0 atom stereocenters. The zero-order chi connectivity index (χ0) is 30.6. The van der Waals surface area contributed by atoms with Crippen molar-refractivity contribution in [2.75, 3.05) is 32.6 Å². The highest BCUT2D eigenvalue weighted by molar-refractivity contribution is 7.90. The van der Waals surface area contributed by atoms with E-state index in [1.807, 2.05) is 0 Å². The number of esters is 2. The molecule has 41 heavy (non-hydrogen) atoms. The SMILES string of the molecule is CC(C)(C)OC(=O)NCC(=O)OCC(=C(C(=O)OCCCO[N+](=O)[O-])c1ccccc1)c1ccc(S(C)(=O)=O)cc1. The zero-order valence-electron chi connectivity index (χ0n) is 23.1. The maximum atomic E-state index is 13.3. The number of nitrogens with zero attached hydrogens (tertiary/aromatic N) is 1. The summed E-state index contributed by atoms with van der Waals surface area (Å²) in [4.78, 5) is 52.3. The number of nitrogens with one attached hydrogen (secondary N) is 1. The Morgan fingerprint density at radius 3 is 2.12 bits per heavy atom. The Hall–Kier alpha value is -4.46. The molecule has 0 spiro atoms. The molecule has 0 fully saturated rings. The van der Waals surface area contributed by atoms with Crippen LogP contribution in [0.25, 0.3) is 11.1 Å². The molecule has 0 radical (unpaired) electrons. The number of sulfone groups is 1. The lowest BCUT2D eigenvalue weighted by Gasteiger charge is -2.19. The van der Waals surface area contributed by atoms with Crippen molar-refractivity contribution in [1.29, 1.82) is 0 Å². The first kappa shape index (κ1) is 32.8. The van der Waals surface area contributed by atoms with E-state index in [-0.39, 0.29) is 35.7 Å². The van der Waals surface area contributed by atoms with Crippen LogP contribution in [0.3, 0.4) is 0 Å². The Morgan fingerprint density at radius 2 is 1.56 bits per heavy atom. The summed E-state index contributed by atoms with van der Waals surface area (Å²) in [5.74, 6) is -1.65. The van der Waals surface area contributed by atoms with Crippen molar-refractivity contribution in [2.45, 2.75) is 37.7 Å². The molecule has 0 heterocycles. The Kier molecular flexibility index (Phi) is 11.8. The van der Waals surface area contributed by atoms with Gasteiger partial charge >= 0.3 is 18.0 Å². The van der Waals surface area contributed by atoms with Crippen molar-refractivity contribution in [1.82, 2.24) is 5.32 Å². The van der Waals surface area contributed by atoms with Crippen LogP contribution in [0.15, 0.2) is 59.5 Å². The van der Waals surface area contributed by atoms with Gasteiger partial charge in [-0.3, -0.25) is 4.79 Å². The van der Waals surface area contributed by atoms with E-state index in [9.17, 15) is 32.9 Å². The molecule has 1 amide bonds. The Morgan fingerprint density at radius 1 is 0.927 bits per heavy atom. The largest absolute Gasteiger partial charge is 0.462 e. The zero-order valence-corrected chi connectivity index (χ0v) is 23.9. The van der Waals surface area contributed by atoms with Gasteiger partial charge in [0.15, 0.2) is 9.84 Å². The molecule has 13 nitrogen and oxygen atoms in total. The monoisotopic (exact) mass is 592 g/mol. The van der Waals surface area contributed by atoms with Gasteiger partial charge in [-0.15, -0.1) is 10.1 Å². The average molecular weight is 593 g/mol. The number of rotatable bonds is 13. The van der Waals surface area contributed by atoms with Crippen LogP contribution in [0.2, 0.25) is 0 Å². The number of ether oxygens (including phenoxy) is 3. The van der Waals surface area contributed by atoms with Gasteiger partial charge in [-0.25, -0.2) is 18.0 Å². The summed E-state index contributed by atoms with van der Waals surface area (Å²) in [6, 6.07) is 13.9. The van der Waals surface area contributed by atoms with Crippen LogP contribution in [0.5, 0.6) is 0 Å². The molecule has 0 saturated heterocycles. The van der Waals surface area contributed by atoms with Gasteiger partial charge in [0.25, 0.3) is 5.09 Å². The standard InChI is InChI=1S/C27H32N2O11S/c1-27(2,3)40-26(32)28-17-23(30)38-18-22(19-11-13-21(14-12-19)41(4,35)36)24(20-9-6-5-7-10-20)25(31)37-15-8-16-39-29(33)34/h5-7,9-14H,8,15-18H2,1-4H3,(H,28,32). The molecular weight excluding hydrogens is 560 g/mol. The smallest absolute Gasteiger partial charge is 0.408 e. The van der Waals surface area contributed by atoms with E-state index in [0.717, 1.165) is 6.26 Å². The fourth-order valence-electron chi connectivity index (χ4n) is 3.32. The molecule has 2 aromatic carbocycles. The highest BCUT2D eigenvalue weighted by atomic mass is 32.2. The van der Waals surface area contributed by atoms with Crippen LogP contribution in [0.4, 0.5) is 4.79 Å². The molecule has 0 unspecified atom stereocenters. The summed E-state index contributed by atoms with van der Waals surface area (Å²) in [6.45, 7) is 3.53. The van der Waals surface area contributed by atoms with Crippen LogP contribution in [-0.4, -0.2) is 69.8 Å². The summed E-state index contributed by atoms with van der Waals surface area (Å²) in [7, 11) is -3.52. The molecule has 0 aliphatic carbocycles. The molecule has 0 bridgehead atoms. The Labute approximate surface area is 237 Å². The van der Waals surface area contributed by atoms with Crippen molar-refractivity contribution in [3.8, 4) is 0 Å². The van der Waals surface area contributed by atoms with E-state index in [4.69, 9.17) is 14.2 Å². The minimum Gasteiger partial charge on any atom is -0.462 e. The quantitative estimate of drug-likeness (QED) is 0.0687. The summed E-state index contributed by atoms with van der Waals surface area (Å²) in [5.41, 5.74) is 0.193. The van der Waals surface area contributed by atoms with E-state index < -0.39 is 51.7 Å². The fraction of sp³-hybridized carbons (Fsp3) is 0.370. The van der Waals surface area contributed by atoms with Gasteiger partial charge in [0.05, 0.1) is 23.7 Å². The first-order valence-electron chi connectivity index (χ1n) is 12.3. The van der Waals surface area contributed by atoms with E-state index in [2.05, 4.69) is 10.2 Å². The molecule has 14 heteroatoms. The van der Waals surface area contributed by atoms with E-state index in [1.54, 1.807) is 51.1 Å². The van der Waals surface area contributed by atoms with Gasteiger partial charge in [0, 0.05) is 18.2 Å². The number of amides is 1. The topological polar surface area (TPSA) is 177 Å². The second-order valence-electron chi connectivity index (χ2n) is 9.58. The van der Waals surface area contributed by atoms with Gasteiger partial charge in [-0.2, -0.15) is 0 Å². The van der Waals surface area contributed by atoms with Crippen LogP contribution < -0.4 is 5.32 Å². The van der Waals surface area contributed by atoms with E-state index >= 15 is 0 Å². The highest BCUT2D eigenvalue weighted by Gasteiger charge is 2.23. The minimum atomic E-state index is -3.52. The van der Waals surface area contributed by atoms with Crippen molar-refractivity contribution < 1.29 is 46.9 Å². The minimum absolute atomic E-state index is 0.0146. The van der Waals surface area contributed by atoms with Crippen molar-refractivity contribution in [3.63, 3.8) is 0 Å². The molecule has 1 N–H and O–H groups in total.